The molecule has 0 aromatic rings. The summed E-state index contributed by atoms with van der Waals surface area (Å²) in [6.45, 7) is 7.17. The monoisotopic (exact) mass is 207 g/mol. The molecule has 0 radical (unpaired) electrons. The second-order valence-electron chi connectivity index (χ2n) is 5.22. The summed E-state index contributed by atoms with van der Waals surface area (Å²) in [5, 5.41) is 3.70. The van der Waals surface area contributed by atoms with Gasteiger partial charge in [0.05, 0.1) is 0 Å². The molecule has 2 fully saturated rings. The van der Waals surface area contributed by atoms with E-state index >= 15 is 0 Å². The van der Waals surface area contributed by atoms with Crippen LogP contribution in [-0.4, -0.2) is 12.6 Å². The summed E-state index contributed by atoms with van der Waals surface area (Å²) < 4.78 is 0. The van der Waals surface area contributed by atoms with Gasteiger partial charge in [-0.05, 0) is 56.4 Å². The third-order valence-electron chi connectivity index (χ3n) is 4.33. The van der Waals surface area contributed by atoms with Gasteiger partial charge in [-0.15, -0.1) is 6.58 Å². The van der Waals surface area contributed by atoms with Gasteiger partial charge in [0, 0.05) is 6.04 Å². The Bertz CT molecular complexity index is 201. The molecule has 15 heavy (non-hydrogen) atoms. The largest absolute Gasteiger partial charge is 0.314 e. The minimum absolute atomic E-state index is 0.810. The van der Waals surface area contributed by atoms with Crippen LogP contribution in [0.1, 0.15) is 45.4 Å². The molecular weight excluding hydrogens is 182 g/mol. The standard InChI is InChI=1S/C14H25N/c1-3-5-6-10-13(15-4-2)14-11-8-7-9-12(11)14/h3,11-15H,1,4-10H2,2H3. The Balaban J connectivity index is 1.76. The first-order valence-corrected chi connectivity index (χ1v) is 6.72. The first kappa shape index (κ1) is 11.2. The van der Waals surface area contributed by atoms with E-state index in [2.05, 4.69) is 24.9 Å². The van der Waals surface area contributed by atoms with Crippen molar-refractivity contribution in [3.8, 4) is 0 Å². The zero-order valence-corrected chi connectivity index (χ0v) is 10.0. The Morgan fingerprint density at radius 3 is 2.73 bits per heavy atom. The molecule has 2 rings (SSSR count). The van der Waals surface area contributed by atoms with E-state index in [1.54, 1.807) is 0 Å². The molecule has 0 spiro atoms. The number of hydrogen-bond acceptors (Lipinski definition) is 1. The van der Waals surface area contributed by atoms with Gasteiger partial charge in [-0.25, -0.2) is 0 Å². The van der Waals surface area contributed by atoms with Crippen molar-refractivity contribution in [2.24, 2.45) is 17.8 Å². The zero-order chi connectivity index (χ0) is 10.7. The van der Waals surface area contributed by atoms with Crippen LogP contribution < -0.4 is 5.32 Å². The predicted octanol–water partition coefficient (Wildman–Crippen LogP) is 3.37. The van der Waals surface area contributed by atoms with Gasteiger partial charge >= 0.3 is 0 Å². The molecule has 1 heteroatoms. The summed E-state index contributed by atoms with van der Waals surface area (Å²) in [6, 6.07) is 0.810. The molecule has 2 aliphatic carbocycles. The summed E-state index contributed by atoms with van der Waals surface area (Å²) >= 11 is 0. The van der Waals surface area contributed by atoms with E-state index in [-0.39, 0.29) is 0 Å². The molecule has 0 bridgehead atoms. The van der Waals surface area contributed by atoms with E-state index in [1.165, 1.54) is 38.5 Å². The Hall–Kier alpha value is -0.300. The van der Waals surface area contributed by atoms with Crippen LogP contribution in [0.15, 0.2) is 12.7 Å². The van der Waals surface area contributed by atoms with E-state index in [0.717, 1.165) is 30.3 Å². The molecule has 3 atom stereocenters. The van der Waals surface area contributed by atoms with Crippen LogP contribution in [0.3, 0.4) is 0 Å². The van der Waals surface area contributed by atoms with Gasteiger partial charge in [0.2, 0.25) is 0 Å². The Kier molecular flexibility index (Phi) is 3.85. The number of hydrogen-bond donors (Lipinski definition) is 1. The minimum Gasteiger partial charge on any atom is -0.314 e. The molecule has 0 saturated heterocycles. The molecule has 3 unspecified atom stereocenters. The van der Waals surface area contributed by atoms with Crippen LogP contribution in [-0.2, 0) is 0 Å². The van der Waals surface area contributed by atoms with Crippen molar-refractivity contribution in [1.29, 1.82) is 0 Å². The summed E-state index contributed by atoms with van der Waals surface area (Å²) in [4.78, 5) is 0. The Labute approximate surface area is 94.3 Å². The first-order valence-electron chi connectivity index (χ1n) is 6.72. The highest BCUT2D eigenvalue weighted by Gasteiger charge is 2.55. The molecule has 2 aliphatic rings. The molecule has 1 N–H and O–H groups in total. The van der Waals surface area contributed by atoms with Gasteiger partial charge in [-0.2, -0.15) is 0 Å². The maximum atomic E-state index is 3.80. The van der Waals surface area contributed by atoms with Crippen LogP contribution in [0.4, 0.5) is 0 Å². The van der Waals surface area contributed by atoms with Crippen molar-refractivity contribution in [3.05, 3.63) is 12.7 Å². The van der Waals surface area contributed by atoms with Crippen LogP contribution in [0.5, 0.6) is 0 Å². The fourth-order valence-electron chi connectivity index (χ4n) is 3.65. The summed E-state index contributed by atoms with van der Waals surface area (Å²) in [7, 11) is 0. The highest BCUT2D eigenvalue weighted by atomic mass is 14.9. The molecular formula is C14H25N. The summed E-state index contributed by atoms with van der Waals surface area (Å²) in [5.41, 5.74) is 0. The third kappa shape index (κ3) is 2.44. The topological polar surface area (TPSA) is 12.0 Å². The first-order chi connectivity index (χ1) is 7.38. The second-order valence-corrected chi connectivity index (χ2v) is 5.22. The fraction of sp³-hybridized carbons (Fsp3) is 0.857. The smallest absolute Gasteiger partial charge is 0.0101 e. The van der Waals surface area contributed by atoms with Crippen molar-refractivity contribution in [3.63, 3.8) is 0 Å². The van der Waals surface area contributed by atoms with E-state index in [1.807, 2.05) is 0 Å². The van der Waals surface area contributed by atoms with Crippen molar-refractivity contribution in [1.82, 2.24) is 5.32 Å². The highest BCUT2D eigenvalue weighted by Crippen LogP contribution is 2.59. The average molecular weight is 207 g/mol. The maximum absolute atomic E-state index is 3.80. The van der Waals surface area contributed by atoms with Gasteiger partial charge in [-0.3, -0.25) is 0 Å². The predicted molar refractivity (Wildman–Crippen MR) is 65.8 cm³/mol. The molecule has 1 nitrogen and oxygen atoms in total. The molecule has 0 amide bonds. The lowest BCUT2D eigenvalue weighted by atomic mass is 9.99. The fourth-order valence-corrected chi connectivity index (χ4v) is 3.65. The molecule has 0 aliphatic heterocycles. The van der Waals surface area contributed by atoms with Crippen molar-refractivity contribution < 1.29 is 0 Å². The van der Waals surface area contributed by atoms with Crippen molar-refractivity contribution >= 4 is 0 Å². The minimum atomic E-state index is 0.810. The molecule has 0 aromatic heterocycles. The van der Waals surface area contributed by atoms with E-state index < -0.39 is 0 Å². The maximum Gasteiger partial charge on any atom is 0.0101 e. The van der Waals surface area contributed by atoms with E-state index in [4.69, 9.17) is 0 Å². The van der Waals surface area contributed by atoms with Crippen molar-refractivity contribution in [2.45, 2.75) is 51.5 Å². The number of unbranched alkanes of at least 4 members (excludes halogenated alkanes) is 1. The van der Waals surface area contributed by atoms with Gasteiger partial charge < -0.3 is 5.32 Å². The lowest BCUT2D eigenvalue weighted by molar-refractivity contribution is 0.385. The van der Waals surface area contributed by atoms with Crippen molar-refractivity contribution in [2.75, 3.05) is 6.54 Å². The average Bonchev–Trinajstić information content (AvgIpc) is 2.71. The Morgan fingerprint density at radius 1 is 1.40 bits per heavy atom. The van der Waals surface area contributed by atoms with E-state index in [9.17, 15) is 0 Å². The summed E-state index contributed by atoms with van der Waals surface area (Å²) in [6.07, 6.45) is 10.4. The Morgan fingerprint density at radius 2 is 2.13 bits per heavy atom. The molecule has 0 heterocycles. The lowest BCUT2D eigenvalue weighted by Gasteiger charge is -2.19. The second kappa shape index (κ2) is 5.16. The van der Waals surface area contributed by atoms with Gasteiger partial charge in [0.1, 0.15) is 0 Å². The molecule has 0 aromatic carbocycles. The number of allylic oxidation sites excluding steroid dienone is 1. The van der Waals surface area contributed by atoms with Crippen LogP contribution in [0, 0.1) is 17.8 Å². The SMILES string of the molecule is C=CCCCC(NCC)C1C2CCCC21. The number of fused-ring (bicyclic) bond motifs is 1. The molecule has 86 valence electrons. The van der Waals surface area contributed by atoms with Crippen LogP contribution >= 0.6 is 0 Å². The zero-order valence-electron chi connectivity index (χ0n) is 10.0. The molecule has 2 saturated carbocycles. The third-order valence-corrected chi connectivity index (χ3v) is 4.33. The van der Waals surface area contributed by atoms with Gasteiger partial charge in [0.15, 0.2) is 0 Å². The van der Waals surface area contributed by atoms with Crippen LogP contribution in [0.2, 0.25) is 0 Å². The normalized spacial score (nSPS) is 34.9. The lowest BCUT2D eigenvalue weighted by Crippen LogP contribution is -2.32. The number of nitrogens with one attached hydrogen (secondary N) is 1. The quantitative estimate of drug-likeness (QED) is 0.498. The highest BCUT2D eigenvalue weighted by molar-refractivity contribution is 5.06. The summed E-state index contributed by atoms with van der Waals surface area (Å²) in [5.74, 6) is 3.22. The van der Waals surface area contributed by atoms with Crippen LogP contribution in [0.25, 0.3) is 0 Å². The van der Waals surface area contributed by atoms with Gasteiger partial charge in [0.25, 0.3) is 0 Å². The number of rotatable bonds is 7. The van der Waals surface area contributed by atoms with Gasteiger partial charge in [-0.1, -0.05) is 19.4 Å². The van der Waals surface area contributed by atoms with E-state index in [0.29, 0.717) is 0 Å².